The summed E-state index contributed by atoms with van der Waals surface area (Å²) in [7, 11) is 0. The molecule has 0 radical (unpaired) electrons. The number of aromatic nitrogens is 1. The Morgan fingerprint density at radius 1 is 1.38 bits per heavy atom. The van der Waals surface area contributed by atoms with Gasteiger partial charge in [0.25, 0.3) is 0 Å². The van der Waals surface area contributed by atoms with E-state index in [9.17, 15) is 13.2 Å². The van der Waals surface area contributed by atoms with Gasteiger partial charge < -0.3 is 9.75 Å². The maximum Gasteiger partial charge on any atom is 0.422 e. The normalized spacial score (nSPS) is 15.8. The molecular weight excluding hydrogens is 283 g/mol. The SMILES string of the molecule is CCN1C=CCN1Cc1cnc(OCC(F)(F)F)cc1C. The smallest absolute Gasteiger partial charge is 0.422 e. The van der Waals surface area contributed by atoms with Gasteiger partial charge in [-0.3, -0.25) is 0 Å². The van der Waals surface area contributed by atoms with Crippen LogP contribution in [0.5, 0.6) is 5.88 Å². The van der Waals surface area contributed by atoms with E-state index in [0.29, 0.717) is 6.54 Å². The van der Waals surface area contributed by atoms with E-state index >= 15 is 0 Å². The second-order valence-electron chi connectivity index (χ2n) is 4.84. The molecule has 116 valence electrons. The minimum Gasteiger partial charge on any atom is -0.468 e. The maximum atomic E-state index is 12.1. The van der Waals surface area contributed by atoms with Crippen LogP contribution in [0.4, 0.5) is 13.2 Å². The number of hydrogen-bond donors (Lipinski definition) is 0. The molecule has 0 fully saturated rings. The fourth-order valence-electron chi connectivity index (χ4n) is 2.11. The van der Waals surface area contributed by atoms with Gasteiger partial charge in [-0.2, -0.15) is 13.2 Å². The number of rotatable bonds is 5. The largest absolute Gasteiger partial charge is 0.468 e. The molecule has 2 heterocycles. The highest BCUT2D eigenvalue weighted by Gasteiger charge is 2.28. The monoisotopic (exact) mass is 301 g/mol. The van der Waals surface area contributed by atoms with E-state index in [4.69, 9.17) is 0 Å². The number of hydrogen-bond acceptors (Lipinski definition) is 4. The van der Waals surface area contributed by atoms with Gasteiger partial charge in [-0.1, -0.05) is 6.08 Å². The lowest BCUT2D eigenvalue weighted by Crippen LogP contribution is -2.34. The van der Waals surface area contributed by atoms with Crippen LogP contribution in [-0.2, 0) is 6.54 Å². The highest BCUT2D eigenvalue weighted by molar-refractivity contribution is 5.28. The first kappa shape index (κ1) is 15.6. The Balaban J connectivity index is 1.99. The van der Waals surface area contributed by atoms with Crippen molar-refractivity contribution in [2.75, 3.05) is 19.7 Å². The molecule has 1 aliphatic rings. The molecule has 4 nitrogen and oxygen atoms in total. The van der Waals surface area contributed by atoms with Crippen LogP contribution in [0, 0.1) is 6.92 Å². The number of aryl methyl sites for hydroxylation is 1. The topological polar surface area (TPSA) is 28.6 Å². The Bertz CT molecular complexity index is 517. The van der Waals surface area contributed by atoms with Crippen LogP contribution in [0.3, 0.4) is 0 Å². The van der Waals surface area contributed by atoms with Crippen molar-refractivity contribution in [2.45, 2.75) is 26.6 Å². The number of ether oxygens (including phenoxy) is 1. The van der Waals surface area contributed by atoms with Crippen LogP contribution in [0.25, 0.3) is 0 Å². The molecule has 0 bridgehead atoms. The van der Waals surface area contributed by atoms with E-state index < -0.39 is 12.8 Å². The quantitative estimate of drug-likeness (QED) is 0.836. The van der Waals surface area contributed by atoms with Crippen LogP contribution >= 0.6 is 0 Å². The van der Waals surface area contributed by atoms with Gasteiger partial charge in [0.2, 0.25) is 5.88 Å². The van der Waals surface area contributed by atoms with E-state index in [1.165, 1.54) is 0 Å². The third kappa shape index (κ3) is 4.35. The summed E-state index contributed by atoms with van der Waals surface area (Å²) in [6.07, 6.45) is 1.31. The highest BCUT2D eigenvalue weighted by Crippen LogP contribution is 2.20. The van der Waals surface area contributed by atoms with Crippen molar-refractivity contribution in [3.63, 3.8) is 0 Å². The lowest BCUT2D eigenvalue weighted by atomic mass is 10.1. The summed E-state index contributed by atoms with van der Waals surface area (Å²) in [4.78, 5) is 3.95. The van der Waals surface area contributed by atoms with Crippen LogP contribution in [0.1, 0.15) is 18.1 Å². The average Bonchev–Trinajstić information content (AvgIpc) is 2.85. The summed E-state index contributed by atoms with van der Waals surface area (Å²) in [6.45, 7) is 4.94. The molecule has 0 atom stereocenters. The highest BCUT2D eigenvalue weighted by atomic mass is 19.4. The molecule has 1 aromatic rings. The van der Waals surface area contributed by atoms with Gasteiger partial charge in [0.15, 0.2) is 6.61 Å². The average molecular weight is 301 g/mol. The number of halogens is 3. The second-order valence-corrected chi connectivity index (χ2v) is 4.84. The number of alkyl halides is 3. The molecule has 0 aliphatic carbocycles. The summed E-state index contributed by atoms with van der Waals surface area (Å²) in [5.74, 6) is 0.000435. The van der Waals surface area contributed by atoms with Crippen LogP contribution in [-0.4, -0.2) is 40.9 Å². The zero-order valence-electron chi connectivity index (χ0n) is 12.0. The fraction of sp³-hybridized carbons (Fsp3) is 0.500. The van der Waals surface area contributed by atoms with E-state index in [1.807, 2.05) is 13.1 Å². The number of pyridine rings is 1. The molecule has 21 heavy (non-hydrogen) atoms. The van der Waals surface area contributed by atoms with Crippen molar-refractivity contribution in [3.8, 4) is 5.88 Å². The van der Waals surface area contributed by atoms with E-state index in [-0.39, 0.29) is 5.88 Å². The van der Waals surface area contributed by atoms with Gasteiger partial charge in [-0.25, -0.2) is 9.99 Å². The molecule has 0 unspecified atom stereocenters. The Kier molecular flexibility index (Phi) is 4.72. The minimum atomic E-state index is -4.35. The van der Waals surface area contributed by atoms with Crippen LogP contribution < -0.4 is 4.74 Å². The van der Waals surface area contributed by atoms with Crippen LogP contribution in [0.2, 0.25) is 0 Å². The Morgan fingerprint density at radius 3 is 2.76 bits per heavy atom. The molecule has 0 spiro atoms. The molecule has 0 saturated heterocycles. The van der Waals surface area contributed by atoms with Gasteiger partial charge in [0.1, 0.15) is 0 Å². The minimum absolute atomic E-state index is 0.000435. The predicted molar refractivity (Wildman–Crippen MR) is 72.5 cm³/mol. The standard InChI is InChI=1S/C14H18F3N3O/c1-3-19-5-4-6-20(19)9-12-8-18-13(7-11(12)2)21-10-14(15,16)17/h4-5,7-8H,3,6,9-10H2,1-2H3. The van der Waals surface area contributed by atoms with Gasteiger partial charge >= 0.3 is 6.18 Å². The van der Waals surface area contributed by atoms with E-state index in [2.05, 4.69) is 32.7 Å². The number of nitrogens with zero attached hydrogens (tertiary/aromatic N) is 3. The first-order valence-corrected chi connectivity index (χ1v) is 6.72. The third-order valence-corrected chi connectivity index (χ3v) is 3.21. The molecule has 1 aliphatic heterocycles. The predicted octanol–water partition coefficient (Wildman–Crippen LogP) is 2.90. The van der Waals surface area contributed by atoms with Gasteiger partial charge in [0, 0.05) is 38.1 Å². The molecule has 7 heteroatoms. The summed E-state index contributed by atoms with van der Waals surface area (Å²) in [5, 5.41) is 4.23. The first-order chi connectivity index (χ1) is 9.89. The van der Waals surface area contributed by atoms with Crippen molar-refractivity contribution >= 4 is 0 Å². The van der Waals surface area contributed by atoms with Crippen molar-refractivity contribution in [3.05, 3.63) is 35.7 Å². The fourth-order valence-corrected chi connectivity index (χ4v) is 2.11. The lowest BCUT2D eigenvalue weighted by molar-refractivity contribution is -0.154. The lowest BCUT2D eigenvalue weighted by Gasteiger charge is -2.28. The molecule has 0 saturated carbocycles. The molecular formula is C14H18F3N3O. The molecule has 0 aromatic carbocycles. The Morgan fingerprint density at radius 2 is 2.14 bits per heavy atom. The first-order valence-electron chi connectivity index (χ1n) is 6.72. The summed E-state index contributed by atoms with van der Waals surface area (Å²) in [6, 6.07) is 1.54. The second kappa shape index (κ2) is 6.34. The van der Waals surface area contributed by atoms with Gasteiger partial charge in [-0.15, -0.1) is 0 Å². The maximum absolute atomic E-state index is 12.1. The molecule has 2 rings (SSSR count). The Labute approximate surface area is 121 Å². The third-order valence-electron chi connectivity index (χ3n) is 3.21. The van der Waals surface area contributed by atoms with E-state index in [0.717, 1.165) is 24.2 Å². The van der Waals surface area contributed by atoms with Gasteiger partial charge in [0.05, 0.1) is 0 Å². The zero-order chi connectivity index (χ0) is 15.5. The van der Waals surface area contributed by atoms with Crippen molar-refractivity contribution in [2.24, 2.45) is 0 Å². The van der Waals surface area contributed by atoms with Gasteiger partial charge in [-0.05, 0) is 25.0 Å². The molecule has 0 amide bonds. The molecule has 0 N–H and O–H groups in total. The molecule has 1 aromatic heterocycles. The van der Waals surface area contributed by atoms with Crippen molar-refractivity contribution in [1.29, 1.82) is 0 Å². The van der Waals surface area contributed by atoms with Crippen molar-refractivity contribution in [1.82, 2.24) is 15.0 Å². The zero-order valence-corrected chi connectivity index (χ0v) is 12.0. The summed E-state index contributed by atoms with van der Waals surface area (Å²) >= 11 is 0. The summed E-state index contributed by atoms with van der Waals surface area (Å²) in [5.41, 5.74) is 1.83. The Hall–Kier alpha value is -1.76. The van der Waals surface area contributed by atoms with E-state index in [1.54, 1.807) is 12.3 Å². The van der Waals surface area contributed by atoms with Crippen molar-refractivity contribution < 1.29 is 17.9 Å². The van der Waals surface area contributed by atoms with Crippen LogP contribution in [0.15, 0.2) is 24.5 Å². The summed E-state index contributed by atoms with van der Waals surface area (Å²) < 4.78 is 41.0. The number of hydrazine groups is 1.